The number of rotatable bonds is 2. The molecule has 0 amide bonds. The molecule has 0 aliphatic heterocycles. The lowest BCUT2D eigenvalue weighted by molar-refractivity contribution is 0.414. The quantitative estimate of drug-likeness (QED) is 0.498. The van der Waals surface area contributed by atoms with Crippen molar-refractivity contribution in [3.63, 3.8) is 0 Å². The Kier molecular flexibility index (Phi) is 3.59. The Balaban J connectivity index is 3.14. The van der Waals surface area contributed by atoms with Crippen molar-refractivity contribution in [3.05, 3.63) is 0 Å². The SMILES string of the molecule is CCN(P)C(C)C. The van der Waals surface area contributed by atoms with Gasteiger partial charge in [-0.3, -0.25) is 4.67 Å². The molecule has 2 heteroatoms. The van der Waals surface area contributed by atoms with E-state index in [-0.39, 0.29) is 0 Å². The highest BCUT2D eigenvalue weighted by molar-refractivity contribution is 7.13. The largest absolute Gasteiger partial charge is 0.285 e. The third kappa shape index (κ3) is 3.02. The van der Waals surface area contributed by atoms with Gasteiger partial charge in [0.25, 0.3) is 0 Å². The molecule has 0 aromatic carbocycles. The van der Waals surface area contributed by atoms with E-state index < -0.39 is 0 Å². The van der Waals surface area contributed by atoms with Crippen molar-refractivity contribution in [3.8, 4) is 0 Å². The molecule has 1 nitrogen and oxygen atoms in total. The normalized spacial score (nSPS) is 11.1. The zero-order chi connectivity index (χ0) is 5.86. The Morgan fingerprint density at radius 1 is 1.57 bits per heavy atom. The fourth-order valence-corrected chi connectivity index (χ4v) is 0.365. The van der Waals surface area contributed by atoms with Crippen LogP contribution in [0.2, 0.25) is 0 Å². The van der Waals surface area contributed by atoms with Crippen LogP contribution < -0.4 is 0 Å². The molecule has 0 saturated heterocycles. The highest BCUT2D eigenvalue weighted by Gasteiger charge is 1.96. The van der Waals surface area contributed by atoms with Crippen molar-refractivity contribution in [1.29, 1.82) is 0 Å². The minimum absolute atomic E-state index is 0.662. The highest BCUT2D eigenvalue weighted by Crippen LogP contribution is 2.02. The van der Waals surface area contributed by atoms with Crippen LogP contribution in [-0.4, -0.2) is 17.3 Å². The summed E-state index contributed by atoms with van der Waals surface area (Å²) in [6, 6.07) is 0.662. The standard InChI is InChI=1S/C5H14NP/c1-4-6(7)5(2)3/h5H,4,7H2,1-3H3. The zero-order valence-corrected chi connectivity index (χ0v) is 6.46. The van der Waals surface area contributed by atoms with Gasteiger partial charge in [0, 0.05) is 6.04 Å². The first-order valence-electron chi connectivity index (χ1n) is 2.69. The van der Waals surface area contributed by atoms with E-state index in [1.54, 1.807) is 0 Å². The molecule has 0 aliphatic carbocycles. The first-order chi connectivity index (χ1) is 3.18. The van der Waals surface area contributed by atoms with Gasteiger partial charge in [-0.05, 0) is 20.4 Å². The van der Waals surface area contributed by atoms with Crippen LogP contribution in [0.3, 0.4) is 0 Å². The molecular weight excluding hydrogens is 105 g/mol. The third-order valence-electron chi connectivity index (χ3n) is 1.03. The van der Waals surface area contributed by atoms with Gasteiger partial charge in [0.15, 0.2) is 0 Å². The molecular formula is C5H14NP. The molecule has 1 unspecified atom stereocenters. The fraction of sp³-hybridized carbons (Fsp3) is 1.00. The summed E-state index contributed by atoms with van der Waals surface area (Å²) < 4.78 is 2.21. The van der Waals surface area contributed by atoms with Crippen LogP contribution in [0.5, 0.6) is 0 Å². The number of hydrogen-bond donors (Lipinski definition) is 0. The summed E-state index contributed by atoms with van der Waals surface area (Å²) in [4.78, 5) is 0. The van der Waals surface area contributed by atoms with Crippen molar-refractivity contribution in [2.75, 3.05) is 6.54 Å². The van der Waals surface area contributed by atoms with Crippen molar-refractivity contribution in [1.82, 2.24) is 4.67 Å². The first-order valence-corrected chi connectivity index (χ1v) is 3.21. The summed E-state index contributed by atoms with van der Waals surface area (Å²) >= 11 is 0. The average molecular weight is 119 g/mol. The van der Waals surface area contributed by atoms with Gasteiger partial charge in [0.1, 0.15) is 0 Å². The maximum atomic E-state index is 2.68. The van der Waals surface area contributed by atoms with E-state index in [0.29, 0.717) is 6.04 Å². The minimum atomic E-state index is 0.662. The van der Waals surface area contributed by atoms with Gasteiger partial charge in [-0.15, -0.1) is 0 Å². The highest BCUT2D eigenvalue weighted by atomic mass is 31.0. The van der Waals surface area contributed by atoms with Crippen LogP contribution in [0.4, 0.5) is 0 Å². The molecule has 0 heterocycles. The lowest BCUT2D eigenvalue weighted by Gasteiger charge is -2.17. The maximum Gasteiger partial charge on any atom is 0.00725 e. The van der Waals surface area contributed by atoms with E-state index >= 15 is 0 Å². The summed E-state index contributed by atoms with van der Waals surface area (Å²) in [5, 5.41) is 0. The molecule has 0 rings (SSSR count). The molecule has 44 valence electrons. The Labute approximate surface area is 48.3 Å². The molecule has 0 aromatic rings. The zero-order valence-electron chi connectivity index (χ0n) is 5.31. The summed E-state index contributed by atoms with van der Waals surface area (Å²) in [6.07, 6.45) is 0. The van der Waals surface area contributed by atoms with Gasteiger partial charge >= 0.3 is 0 Å². The van der Waals surface area contributed by atoms with E-state index in [1.165, 1.54) is 0 Å². The Bertz CT molecular complexity index is 45.3. The van der Waals surface area contributed by atoms with E-state index in [2.05, 4.69) is 34.8 Å². The van der Waals surface area contributed by atoms with Crippen molar-refractivity contribution < 1.29 is 0 Å². The summed E-state index contributed by atoms with van der Waals surface area (Å²) in [6.45, 7) is 7.61. The minimum Gasteiger partial charge on any atom is -0.285 e. The topological polar surface area (TPSA) is 3.24 Å². The Morgan fingerprint density at radius 3 is 2.00 bits per heavy atom. The van der Waals surface area contributed by atoms with Crippen molar-refractivity contribution in [2.45, 2.75) is 26.8 Å². The van der Waals surface area contributed by atoms with E-state index in [4.69, 9.17) is 0 Å². The average Bonchev–Trinajstić information content (AvgIpc) is 1.65. The Hall–Kier alpha value is 0.390. The molecule has 0 saturated carbocycles. The molecule has 0 spiro atoms. The lowest BCUT2D eigenvalue weighted by Crippen LogP contribution is -2.18. The molecule has 1 atom stereocenters. The summed E-state index contributed by atoms with van der Waals surface area (Å²) in [5.41, 5.74) is 0. The van der Waals surface area contributed by atoms with Gasteiger partial charge in [0.2, 0.25) is 0 Å². The molecule has 0 radical (unpaired) electrons. The third-order valence-corrected chi connectivity index (χ3v) is 1.99. The predicted molar refractivity (Wildman–Crippen MR) is 37.2 cm³/mol. The monoisotopic (exact) mass is 119 g/mol. The van der Waals surface area contributed by atoms with E-state index in [0.717, 1.165) is 6.54 Å². The number of nitrogens with zero attached hydrogens (tertiary/aromatic N) is 1. The van der Waals surface area contributed by atoms with E-state index in [9.17, 15) is 0 Å². The van der Waals surface area contributed by atoms with Gasteiger partial charge in [-0.1, -0.05) is 16.3 Å². The van der Waals surface area contributed by atoms with Gasteiger partial charge in [0.05, 0.1) is 0 Å². The van der Waals surface area contributed by atoms with Crippen molar-refractivity contribution >= 4 is 9.39 Å². The second kappa shape index (κ2) is 3.40. The second-order valence-electron chi connectivity index (χ2n) is 1.92. The molecule has 0 aromatic heterocycles. The fourth-order valence-electron chi connectivity index (χ4n) is 0.365. The number of hydrogen-bond acceptors (Lipinski definition) is 1. The van der Waals surface area contributed by atoms with Gasteiger partial charge in [-0.2, -0.15) is 0 Å². The molecule has 0 fully saturated rings. The molecule has 0 bridgehead atoms. The molecule has 0 aliphatic rings. The van der Waals surface area contributed by atoms with Crippen LogP contribution >= 0.6 is 9.39 Å². The smallest absolute Gasteiger partial charge is 0.00725 e. The second-order valence-corrected chi connectivity index (χ2v) is 2.59. The lowest BCUT2D eigenvalue weighted by atomic mass is 10.4. The van der Waals surface area contributed by atoms with Crippen molar-refractivity contribution in [2.24, 2.45) is 0 Å². The summed E-state index contributed by atoms with van der Waals surface area (Å²) in [5.74, 6) is 0. The van der Waals surface area contributed by atoms with Crippen LogP contribution in [0.1, 0.15) is 20.8 Å². The van der Waals surface area contributed by atoms with Crippen LogP contribution in [-0.2, 0) is 0 Å². The predicted octanol–water partition coefficient (Wildman–Crippen LogP) is 1.51. The van der Waals surface area contributed by atoms with E-state index in [1.807, 2.05) is 0 Å². The Morgan fingerprint density at radius 2 is 2.00 bits per heavy atom. The first kappa shape index (κ1) is 7.39. The van der Waals surface area contributed by atoms with Crippen LogP contribution in [0.25, 0.3) is 0 Å². The molecule has 0 N–H and O–H groups in total. The van der Waals surface area contributed by atoms with Crippen LogP contribution in [0, 0.1) is 0 Å². The molecule has 7 heavy (non-hydrogen) atoms. The van der Waals surface area contributed by atoms with Gasteiger partial charge < -0.3 is 0 Å². The summed E-state index contributed by atoms with van der Waals surface area (Å²) in [7, 11) is 2.68. The maximum absolute atomic E-state index is 2.68. The van der Waals surface area contributed by atoms with Gasteiger partial charge in [-0.25, -0.2) is 0 Å². The van der Waals surface area contributed by atoms with Crippen LogP contribution in [0.15, 0.2) is 0 Å².